The van der Waals surface area contributed by atoms with E-state index in [0.717, 1.165) is 12.8 Å². The van der Waals surface area contributed by atoms with Gasteiger partial charge in [0.05, 0.1) is 11.8 Å². The first-order chi connectivity index (χ1) is 7.15. The van der Waals surface area contributed by atoms with Gasteiger partial charge in [0.2, 0.25) is 0 Å². The van der Waals surface area contributed by atoms with Crippen molar-refractivity contribution in [1.82, 2.24) is 0 Å². The number of carbonyl (C=O) groups is 1. The molecular weight excluding hydrogens is 188 g/mol. The molecule has 2 nitrogen and oxygen atoms in total. The maximum atomic E-state index is 11.4. The molecule has 0 fully saturated rings. The molecule has 0 spiro atoms. The minimum absolute atomic E-state index is 0.0388. The van der Waals surface area contributed by atoms with E-state index in [1.165, 1.54) is 0 Å². The fourth-order valence-electron chi connectivity index (χ4n) is 0.897. The van der Waals surface area contributed by atoms with Crippen LogP contribution in [0.15, 0.2) is 0 Å². The zero-order valence-electron chi connectivity index (χ0n) is 9.67. The molecule has 2 heteroatoms. The molecule has 0 bridgehead atoms. The Morgan fingerprint density at radius 1 is 1.40 bits per heavy atom. The molecule has 2 unspecified atom stereocenters. The van der Waals surface area contributed by atoms with Crippen molar-refractivity contribution in [3.8, 4) is 24.2 Å². The van der Waals surface area contributed by atoms with Gasteiger partial charge in [-0.05, 0) is 24.7 Å². The molecule has 0 amide bonds. The summed E-state index contributed by atoms with van der Waals surface area (Å²) in [5.41, 5.74) is 0. The van der Waals surface area contributed by atoms with E-state index in [9.17, 15) is 4.79 Å². The molecule has 0 aromatic carbocycles. The van der Waals surface area contributed by atoms with E-state index in [-0.39, 0.29) is 17.8 Å². The zero-order chi connectivity index (χ0) is 11.7. The Hall–Kier alpha value is -1.41. The van der Waals surface area contributed by atoms with Crippen molar-refractivity contribution in [2.24, 2.45) is 11.8 Å². The lowest BCUT2D eigenvalue weighted by Gasteiger charge is -2.11. The second kappa shape index (κ2) is 7.94. The third-order valence-electron chi connectivity index (χ3n) is 2.28. The first-order valence-electron chi connectivity index (χ1n) is 5.28. The molecule has 0 saturated carbocycles. The molecule has 0 aliphatic rings. The van der Waals surface area contributed by atoms with Crippen LogP contribution in [-0.4, -0.2) is 12.6 Å². The molecule has 0 aromatic heterocycles. The second-order valence-electron chi connectivity index (χ2n) is 3.46. The van der Waals surface area contributed by atoms with E-state index >= 15 is 0 Å². The SMILES string of the molecule is C#CC#CC(CC)COC(=O)C(C)CC. The van der Waals surface area contributed by atoms with Crippen LogP contribution in [-0.2, 0) is 9.53 Å². The number of terminal acetylenes is 1. The van der Waals surface area contributed by atoms with Gasteiger partial charge < -0.3 is 4.74 Å². The highest BCUT2D eigenvalue weighted by molar-refractivity contribution is 5.71. The molecule has 2 atom stereocenters. The molecule has 0 aliphatic carbocycles. The average Bonchev–Trinajstić information content (AvgIpc) is 2.27. The third-order valence-corrected chi connectivity index (χ3v) is 2.28. The monoisotopic (exact) mass is 206 g/mol. The summed E-state index contributed by atoms with van der Waals surface area (Å²) in [6.45, 7) is 6.15. The lowest BCUT2D eigenvalue weighted by Crippen LogP contribution is -2.18. The Kier molecular flexibility index (Phi) is 7.20. The number of hydrogen-bond acceptors (Lipinski definition) is 2. The highest BCUT2D eigenvalue weighted by atomic mass is 16.5. The normalized spacial score (nSPS) is 12.9. The van der Waals surface area contributed by atoms with Gasteiger partial charge in [0, 0.05) is 0 Å². The topological polar surface area (TPSA) is 26.3 Å². The average molecular weight is 206 g/mol. The number of esters is 1. The van der Waals surface area contributed by atoms with Crippen LogP contribution in [0.2, 0.25) is 0 Å². The Labute approximate surface area is 92.4 Å². The summed E-state index contributed by atoms with van der Waals surface area (Å²) in [7, 11) is 0. The van der Waals surface area contributed by atoms with Gasteiger partial charge in [-0.3, -0.25) is 4.79 Å². The van der Waals surface area contributed by atoms with Crippen LogP contribution >= 0.6 is 0 Å². The van der Waals surface area contributed by atoms with Crippen molar-refractivity contribution in [2.45, 2.75) is 33.6 Å². The summed E-state index contributed by atoms with van der Waals surface area (Å²) in [6.07, 6.45) is 6.66. The first kappa shape index (κ1) is 13.6. The quantitative estimate of drug-likeness (QED) is 0.509. The summed E-state index contributed by atoms with van der Waals surface area (Å²) < 4.78 is 5.13. The molecular formula is C13H18O2. The molecule has 0 radical (unpaired) electrons. The molecule has 0 saturated heterocycles. The lowest BCUT2D eigenvalue weighted by molar-refractivity contribution is -0.148. The summed E-state index contributed by atoms with van der Waals surface area (Å²) in [4.78, 5) is 11.4. The van der Waals surface area contributed by atoms with Gasteiger partial charge in [-0.2, -0.15) is 0 Å². The Bertz CT molecular complexity index is 288. The molecule has 0 aliphatic heterocycles. The molecule has 0 N–H and O–H groups in total. The van der Waals surface area contributed by atoms with Crippen molar-refractivity contribution in [2.75, 3.05) is 6.61 Å². The number of rotatable bonds is 5. The van der Waals surface area contributed by atoms with Crippen LogP contribution in [0.5, 0.6) is 0 Å². The first-order valence-corrected chi connectivity index (χ1v) is 5.28. The van der Waals surface area contributed by atoms with Crippen molar-refractivity contribution in [1.29, 1.82) is 0 Å². The van der Waals surface area contributed by atoms with Crippen molar-refractivity contribution < 1.29 is 9.53 Å². The largest absolute Gasteiger partial charge is 0.464 e. The highest BCUT2D eigenvalue weighted by Crippen LogP contribution is 2.07. The zero-order valence-corrected chi connectivity index (χ0v) is 9.67. The van der Waals surface area contributed by atoms with Gasteiger partial charge in [0.25, 0.3) is 0 Å². The standard InChI is InChI=1S/C13H18O2/c1-5-8-9-12(7-3)10-15-13(14)11(4)6-2/h1,11-12H,6-7,10H2,2-4H3. The Morgan fingerprint density at radius 2 is 2.07 bits per heavy atom. The molecule has 0 rings (SSSR count). The molecule has 15 heavy (non-hydrogen) atoms. The third kappa shape index (κ3) is 5.81. The predicted molar refractivity (Wildman–Crippen MR) is 60.8 cm³/mol. The van der Waals surface area contributed by atoms with Gasteiger partial charge in [0.15, 0.2) is 0 Å². The molecule has 0 heterocycles. The van der Waals surface area contributed by atoms with Crippen LogP contribution in [0.25, 0.3) is 0 Å². The van der Waals surface area contributed by atoms with Gasteiger partial charge in [-0.15, -0.1) is 6.42 Å². The van der Waals surface area contributed by atoms with Gasteiger partial charge in [-0.1, -0.05) is 26.7 Å². The fourth-order valence-corrected chi connectivity index (χ4v) is 0.897. The number of carbonyl (C=O) groups excluding carboxylic acids is 1. The molecule has 0 aromatic rings. The van der Waals surface area contributed by atoms with Crippen molar-refractivity contribution in [3.63, 3.8) is 0 Å². The number of hydrogen-bond donors (Lipinski definition) is 0. The number of ether oxygens (including phenoxy) is 1. The minimum atomic E-state index is -0.154. The van der Waals surface area contributed by atoms with E-state index in [4.69, 9.17) is 11.2 Å². The molecule has 82 valence electrons. The van der Waals surface area contributed by atoms with Crippen molar-refractivity contribution in [3.05, 3.63) is 0 Å². The van der Waals surface area contributed by atoms with Crippen molar-refractivity contribution >= 4 is 5.97 Å². The van der Waals surface area contributed by atoms with Crippen LogP contribution in [0.1, 0.15) is 33.6 Å². The summed E-state index contributed by atoms with van der Waals surface area (Å²) in [5, 5.41) is 0. The van der Waals surface area contributed by atoms with E-state index in [0.29, 0.717) is 6.61 Å². The van der Waals surface area contributed by atoms with Gasteiger partial charge >= 0.3 is 5.97 Å². The summed E-state index contributed by atoms with van der Waals surface area (Å²) in [5.74, 6) is 7.53. The van der Waals surface area contributed by atoms with Crippen LogP contribution in [0.4, 0.5) is 0 Å². The van der Waals surface area contributed by atoms with E-state index in [2.05, 4.69) is 17.8 Å². The Balaban J connectivity index is 4.02. The second-order valence-corrected chi connectivity index (χ2v) is 3.46. The predicted octanol–water partition coefficient (Wildman–Crippen LogP) is 2.24. The van der Waals surface area contributed by atoms with Crippen LogP contribution in [0, 0.1) is 36.0 Å². The smallest absolute Gasteiger partial charge is 0.308 e. The van der Waals surface area contributed by atoms with E-state index < -0.39 is 0 Å². The van der Waals surface area contributed by atoms with Gasteiger partial charge in [0.1, 0.15) is 6.61 Å². The van der Waals surface area contributed by atoms with E-state index in [1.54, 1.807) is 0 Å². The fraction of sp³-hybridized carbons (Fsp3) is 0.615. The van der Waals surface area contributed by atoms with Gasteiger partial charge in [-0.25, -0.2) is 0 Å². The lowest BCUT2D eigenvalue weighted by atomic mass is 10.1. The summed E-state index contributed by atoms with van der Waals surface area (Å²) in [6, 6.07) is 0. The minimum Gasteiger partial charge on any atom is -0.464 e. The summed E-state index contributed by atoms with van der Waals surface area (Å²) >= 11 is 0. The maximum Gasteiger partial charge on any atom is 0.308 e. The Morgan fingerprint density at radius 3 is 2.53 bits per heavy atom. The highest BCUT2D eigenvalue weighted by Gasteiger charge is 2.13. The van der Waals surface area contributed by atoms with Crippen LogP contribution in [0.3, 0.4) is 0 Å². The van der Waals surface area contributed by atoms with Crippen LogP contribution < -0.4 is 0 Å². The maximum absolute atomic E-state index is 11.4. The van der Waals surface area contributed by atoms with E-state index in [1.807, 2.05) is 20.8 Å².